The van der Waals surface area contributed by atoms with E-state index in [4.69, 9.17) is 5.73 Å². The summed E-state index contributed by atoms with van der Waals surface area (Å²) in [6.45, 7) is 2.84. The van der Waals surface area contributed by atoms with Gasteiger partial charge in [-0.05, 0) is 32.6 Å². The average Bonchev–Trinajstić information content (AvgIpc) is 2.77. The largest absolute Gasteiger partial charge is 0.369 e. The number of anilines is 1. The first-order valence-electron chi connectivity index (χ1n) is 6.15. The van der Waals surface area contributed by atoms with Gasteiger partial charge in [-0.3, -0.25) is 4.79 Å². The van der Waals surface area contributed by atoms with Crippen LogP contribution in [0.2, 0.25) is 0 Å². The molecule has 1 aliphatic carbocycles. The second kappa shape index (κ2) is 5.16. The third-order valence-corrected chi connectivity index (χ3v) is 3.40. The number of aromatic nitrogens is 3. The number of amides is 1. The molecule has 0 atom stereocenters. The van der Waals surface area contributed by atoms with Crippen LogP contribution in [0.5, 0.6) is 0 Å². The third-order valence-electron chi connectivity index (χ3n) is 3.40. The van der Waals surface area contributed by atoms with Crippen LogP contribution in [0.4, 0.5) is 5.82 Å². The standard InChI is InChI=1S/C11H19N5O/c1-2-16-10(7-13-15-16)14-9-5-3-8(4-6-9)11(12)17/h7-9,14H,2-6H2,1H3,(H2,12,17). The lowest BCUT2D eigenvalue weighted by Gasteiger charge is -2.27. The Labute approximate surface area is 101 Å². The maximum Gasteiger partial charge on any atom is 0.220 e. The number of aryl methyl sites for hydroxylation is 1. The van der Waals surface area contributed by atoms with Gasteiger partial charge in [-0.2, -0.15) is 0 Å². The van der Waals surface area contributed by atoms with Crippen LogP contribution in [0, 0.1) is 5.92 Å². The molecule has 94 valence electrons. The lowest BCUT2D eigenvalue weighted by molar-refractivity contribution is -0.122. The molecule has 2 rings (SSSR count). The Morgan fingerprint density at radius 3 is 2.82 bits per heavy atom. The highest BCUT2D eigenvalue weighted by Crippen LogP contribution is 2.26. The monoisotopic (exact) mass is 237 g/mol. The third kappa shape index (κ3) is 2.75. The van der Waals surface area contributed by atoms with Gasteiger partial charge >= 0.3 is 0 Å². The Hall–Kier alpha value is -1.59. The van der Waals surface area contributed by atoms with Crippen molar-refractivity contribution in [2.75, 3.05) is 5.32 Å². The molecule has 1 aromatic rings. The Morgan fingerprint density at radius 2 is 2.24 bits per heavy atom. The van der Waals surface area contributed by atoms with Crippen LogP contribution in [0.1, 0.15) is 32.6 Å². The molecule has 0 aliphatic heterocycles. The van der Waals surface area contributed by atoms with Crippen LogP contribution in [0.25, 0.3) is 0 Å². The van der Waals surface area contributed by atoms with Crippen molar-refractivity contribution in [1.82, 2.24) is 15.0 Å². The molecular formula is C11H19N5O. The number of carbonyl (C=O) groups excluding carboxylic acids is 1. The van der Waals surface area contributed by atoms with Gasteiger partial charge in [-0.15, -0.1) is 5.10 Å². The van der Waals surface area contributed by atoms with Gasteiger partial charge in [-0.25, -0.2) is 4.68 Å². The van der Waals surface area contributed by atoms with Crippen molar-refractivity contribution in [2.24, 2.45) is 11.7 Å². The molecule has 1 aliphatic rings. The van der Waals surface area contributed by atoms with Crippen LogP contribution in [-0.4, -0.2) is 26.9 Å². The van der Waals surface area contributed by atoms with E-state index < -0.39 is 0 Å². The predicted molar refractivity (Wildman–Crippen MR) is 64.3 cm³/mol. The summed E-state index contributed by atoms with van der Waals surface area (Å²) in [4.78, 5) is 11.1. The highest BCUT2D eigenvalue weighted by atomic mass is 16.1. The second-order valence-corrected chi connectivity index (χ2v) is 4.53. The molecule has 0 aromatic carbocycles. The fourth-order valence-electron chi connectivity index (χ4n) is 2.33. The molecule has 0 spiro atoms. The van der Waals surface area contributed by atoms with E-state index in [1.54, 1.807) is 6.20 Å². The van der Waals surface area contributed by atoms with Crippen LogP contribution >= 0.6 is 0 Å². The summed E-state index contributed by atoms with van der Waals surface area (Å²) in [5.41, 5.74) is 5.31. The first-order valence-corrected chi connectivity index (χ1v) is 6.15. The minimum atomic E-state index is -0.163. The number of nitrogens with one attached hydrogen (secondary N) is 1. The minimum Gasteiger partial charge on any atom is -0.369 e. The van der Waals surface area contributed by atoms with E-state index in [1.807, 2.05) is 11.6 Å². The fourth-order valence-corrected chi connectivity index (χ4v) is 2.33. The number of nitrogens with two attached hydrogens (primary N) is 1. The van der Waals surface area contributed by atoms with Crippen molar-refractivity contribution in [2.45, 2.75) is 45.2 Å². The fraction of sp³-hybridized carbons (Fsp3) is 0.727. The Bertz CT molecular complexity index is 381. The van der Waals surface area contributed by atoms with E-state index in [0.717, 1.165) is 38.0 Å². The number of nitrogens with zero attached hydrogens (tertiary/aromatic N) is 3. The predicted octanol–water partition coefficient (Wildman–Crippen LogP) is 0.754. The molecule has 6 nitrogen and oxygen atoms in total. The van der Waals surface area contributed by atoms with Gasteiger partial charge in [0, 0.05) is 18.5 Å². The first-order chi connectivity index (χ1) is 8.20. The summed E-state index contributed by atoms with van der Waals surface area (Å²) in [6.07, 6.45) is 5.44. The molecule has 1 amide bonds. The van der Waals surface area contributed by atoms with Crippen LogP contribution < -0.4 is 11.1 Å². The molecule has 1 saturated carbocycles. The van der Waals surface area contributed by atoms with Crippen molar-refractivity contribution >= 4 is 11.7 Å². The molecule has 0 radical (unpaired) electrons. The van der Waals surface area contributed by atoms with Crippen molar-refractivity contribution in [3.63, 3.8) is 0 Å². The van der Waals surface area contributed by atoms with Gasteiger partial charge in [0.25, 0.3) is 0 Å². The Morgan fingerprint density at radius 1 is 1.53 bits per heavy atom. The van der Waals surface area contributed by atoms with E-state index in [2.05, 4.69) is 15.6 Å². The lowest BCUT2D eigenvalue weighted by Crippen LogP contribution is -2.32. The summed E-state index contributed by atoms with van der Waals surface area (Å²) in [5.74, 6) is 0.848. The maximum atomic E-state index is 11.1. The molecule has 17 heavy (non-hydrogen) atoms. The average molecular weight is 237 g/mol. The number of hydrogen-bond donors (Lipinski definition) is 2. The maximum absolute atomic E-state index is 11.1. The molecule has 1 aromatic heterocycles. The summed E-state index contributed by atoms with van der Waals surface area (Å²) < 4.78 is 1.83. The molecule has 6 heteroatoms. The summed E-state index contributed by atoms with van der Waals surface area (Å²) in [6, 6.07) is 0.398. The molecule has 1 fully saturated rings. The van der Waals surface area contributed by atoms with Crippen LogP contribution in [-0.2, 0) is 11.3 Å². The second-order valence-electron chi connectivity index (χ2n) is 4.53. The van der Waals surface area contributed by atoms with Crippen molar-refractivity contribution in [3.8, 4) is 0 Å². The number of primary amides is 1. The topological polar surface area (TPSA) is 85.8 Å². The molecule has 0 unspecified atom stereocenters. The number of rotatable bonds is 4. The SMILES string of the molecule is CCn1nncc1NC1CCC(C(N)=O)CC1. The summed E-state index contributed by atoms with van der Waals surface area (Å²) in [5, 5.41) is 11.3. The van der Waals surface area contributed by atoms with Gasteiger partial charge in [-0.1, -0.05) is 5.21 Å². The van der Waals surface area contributed by atoms with E-state index in [9.17, 15) is 4.79 Å². The summed E-state index contributed by atoms with van der Waals surface area (Å²) in [7, 11) is 0. The van der Waals surface area contributed by atoms with Crippen LogP contribution in [0.3, 0.4) is 0 Å². The van der Waals surface area contributed by atoms with Gasteiger partial charge in [0.15, 0.2) is 0 Å². The van der Waals surface area contributed by atoms with Crippen molar-refractivity contribution in [1.29, 1.82) is 0 Å². The highest BCUT2D eigenvalue weighted by Gasteiger charge is 2.25. The van der Waals surface area contributed by atoms with Gasteiger partial charge in [0.2, 0.25) is 5.91 Å². The summed E-state index contributed by atoms with van der Waals surface area (Å²) >= 11 is 0. The molecule has 3 N–H and O–H groups in total. The van der Waals surface area contributed by atoms with Crippen molar-refractivity contribution < 1.29 is 4.79 Å². The molecule has 1 heterocycles. The van der Waals surface area contributed by atoms with Crippen molar-refractivity contribution in [3.05, 3.63) is 6.20 Å². The van der Waals surface area contributed by atoms with Gasteiger partial charge < -0.3 is 11.1 Å². The molecule has 0 bridgehead atoms. The smallest absolute Gasteiger partial charge is 0.220 e. The molecule has 0 saturated heterocycles. The zero-order chi connectivity index (χ0) is 12.3. The van der Waals surface area contributed by atoms with Gasteiger partial charge in [0.1, 0.15) is 5.82 Å². The zero-order valence-electron chi connectivity index (χ0n) is 10.1. The minimum absolute atomic E-state index is 0.0576. The van der Waals surface area contributed by atoms with Crippen LogP contribution in [0.15, 0.2) is 6.20 Å². The first kappa shape index (κ1) is 11.9. The quantitative estimate of drug-likeness (QED) is 0.809. The van der Waals surface area contributed by atoms with E-state index in [1.165, 1.54) is 0 Å². The normalized spacial score (nSPS) is 24.5. The lowest BCUT2D eigenvalue weighted by atomic mass is 9.85. The Kier molecular flexibility index (Phi) is 3.61. The number of carbonyl (C=O) groups is 1. The van der Waals surface area contributed by atoms with Gasteiger partial charge in [0.05, 0.1) is 6.20 Å². The number of hydrogen-bond acceptors (Lipinski definition) is 4. The zero-order valence-corrected chi connectivity index (χ0v) is 10.1. The van der Waals surface area contributed by atoms with E-state index in [-0.39, 0.29) is 11.8 Å². The Balaban J connectivity index is 1.88. The highest BCUT2D eigenvalue weighted by molar-refractivity contribution is 5.76. The molecular weight excluding hydrogens is 218 g/mol. The van der Waals surface area contributed by atoms with E-state index >= 15 is 0 Å². The van der Waals surface area contributed by atoms with E-state index in [0.29, 0.717) is 6.04 Å².